The maximum atomic E-state index is 5.91. The number of nitrogens with zero attached hydrogens (tertiary/aromatic N) is 2. The third kappa shape index (κ3) is 3.17. The fourth-order valence-corrected chi connectivity index (χ4v) is 2.80. The van der Waals surface area contributed by atoms with Gasteiger partial charge in [-0.05, 0) is 41.1 Å². The lowest BCUT2D eigenvalue weighted by molar-refractivity contribution is 0.291. The van der Waals surface area contributed by atoms with E-state index in [2.05, 4.69) is 37.0 Å². The molecule has 20 heavy (non-hydrogen) atoms. The topological polar surface area (TPSA) is 36.3 Å². The van der Waals surface area contributed by atoms with E-state index >= 15 is 0 Å². The Bertz CT molecular complexity index is 611. The van der Waals surface area contributed by atoms with Crippen molar-refractivity contribution in [3.63, 3.8) is 0 Å². The summed E-state index contributed by atoms with van der Waals surface area (Å²) in [5.74, 6) is 1.66. The minimum absolute atomic E-state index is 0.463. The molecule has 0 spiro atoms. The van der Waals surface area contributed by atoms with Crippen molar-refractivity contribution in [2.75, 3.05) is 7.11 Å². The molecule has 6 heteroatoms. The van der Waals surface area contributed by atoms with E-state index in [4.69, 9.17) is 9.47 Å². The number of methoxy groups -OCH3 is 1. The second-order valence-electron chi connectivity index (χ2n) is 4.37. The predicted molar refractivity (Wildman–Crippen MR) is 85.6 cm³/mol. The molecule has 2 rings (SSSR count). The van der Waals surface area contributed by atoms with Crippen LogP contribution in [-0.4, -0.2) is 16.9 Å². The van der Waals surface area contributed by atoms with Crippen LogP contribution in [0.2, 0.25) is 0 Å². The summed E-state index contributed by atoms with van der Waals surface area (Å²) in [7, 11) is 3.57. The van der Waals surface area contributed by atoms with E-state index in [-0.39, 0.29) is 0 Å². The highest BCUT2D eigenvalue weighted by Gasteiger charge is 2.12. The Morgan fingerprint density at radius 2 is 2.10 bits per heavy atom. The molecule has 0 N–H and O–H groups in total. The van der Waals surface area contributed by atoms with E-state index in [1.807, 2.05) is 36.9 Å². The van der Waals surface area contributed by atoms with Crippen molar-refractivity contribution in [1.82, 2.24) is 9.78 Å². The van der Waals surface area contributed by atoms with Gasteiger partial charge in [0.15, 0.2) is 0 Å². The van der Waals surface area contributed by atoms with Crippen LogP contribution in [0.3, 0.4) is 0 Å². The second-order valence-corrected chi connectivity index (χ2v) is 5.72. The Morgan fingerprint density at radius 1 is 1.35 bits per heavy atom. The summed E-state index contributed by atoms with van der Waals surface area (Å²) in [5.41, 5.74) is 3.03. The molecule has 1 aromatic carbocycles. The molecule has 0 fully saturated rings. The van der Waals surface area contributed by atoms with Gasteiger partial charge in [-0.15, -0.1) is 0 Å². The number of aryl methyl sites for hydroxylation is 2. The smallest absolute Gasteiger partial charge is 0.131 e. The van der Waals surface area contributed by atoms with Crippen LogP contribution in [0.5, 0.6) is 11.5 Å². The molecule has 0 saturated heterocycles. The molecule has 2 aromatic rings. The maximum absolute atomic E-state index is 5.91. The fourth-order valence-electron chi connectivity index (χ4n) is 1.91. The van der Waals surface area contributed by atoms with Gasteiger partial charge in [0, 0.05) is 17.9 Å². The molecule has 0 amide bonds. The van der Waals surface area contributed by atoms with Crippen LogP contribution in [-0.2, 0) is 19.0 Å². The van der Waals surface area contributed by atoms with Gasteiger partial charge in [-0.3, -0.25) is 4.68 Å². The van der Waals surface area contributed by atoms with Crippen LogP contribution in [0.4, 0.5) is 0 Å². The molecule has 1 aromatic heterocycles. The Balaban J connectivity index is 2.18. The molecule has 1 heterocycles. The molecule has 4 nitrogen and oxygen atoms in total. The van der Waals surface area contributed by atoms with Crippen LogP contribution in [0.15, 0.2) is 22.7 Å². The Kier molecular flexibility index (Phi) is 5.10. The molecule has 0 aliphatic rings. The first-order valence-electron chi connectivity index (χ1n) is 6.10. The van der Waals surface area contributed by atoms with Crippen molar-refractivity contribution in [2.24, 2.45) is 7.05 Å². The van der Waals surface area contributed by atoms with Gasteiger partial charge in [0.25, 0.3) is 0 Å². The quantitative estimate of drug-likeness (QED) is 0.708. The van der Waals surface area contributed by atoms with E-state index in [0.717, 1.165) is 32.9 Å². The standard InChI is InChI=1S/C14H16Br2N2O2/c1-9-14(16)12(18(2)17-9)8-20-13-5-4-11(19-3)6-10(13)7-15/h4-6H,7-8H2,1-3H3. The molecule has 0 aliphatic heterocycles. The van der Waals surface area contributed by atoms with Crippen molar-refractivity contribution < 1.29 is 9.47 Å². The van der Waals surface area contributed by atoms with Crippen molar-refractivity contribution in [1.29, 1.82) is 0 Å². The third-order valence-corrected chi connectivity index (χ3v) is 4.67. The largest absolute Gasteiger partial charge is 0.497 e. The highest BCUT2D eigenvalue weighted by atomic mass is 79.9. The molecular weight excluding hydrogens is 388 g/mol. The SMILES string of the molecule is COc1ccc(OCc2c(Br)c(C)nn2C)c(CBr)c1. The summed E-state index contributed by atoms with van der Waals surface area (Å²) in [5, 5.41) is 5.07. The first-order chi connectivity index (χ1) is 9.56. The molecule has 0 aliphatic carbocycles. The number of rotatable bonds is 5. The maximum Gasteiger partial charge on any atom is 0.131 e. The van der Waals surface area contributed by atoms with Crippen LogP contribution in [0.25, 0.3) is 0 Å². The van der Waals surface area contributed by atoms with E-state index < -0.39 is 0 Å². The lowest BCUT2D eigenvalue weighted by Crippen LogP contribution is -2.04. The molecule has 0 saturated carbocycles. The van der Waals surface area contributed by atoms with Crippen LogP contribution in [0.1, 0.15) is 17.0 Å². The van der Waals surface area contributed by atoms with E-state index in [9.17, 15) is 0 Å². The average molecular weight is 404 g/mol. The first kappa shape index (κ1) is 15.4. The summed E-state index contributed by atoms with van der Waals surface area (Å²) in [6.45, 7) is 2.43. The van der Waals surface area contributed by atoms with Gasteiger partial charge < -0.3 is 9.47 Å². The Hall–Kier alpha value is -1.01. The summed E-state index contributed by atoms with van der Waals surface area (Å²) < 4.78 is 14.0. The second kappa shape index (κ2) is 6.63. The number of hydrogen-bond acceptors (Lipinski definition) is 3. The van der Waals surface area contributed by atoms with Gasteiger partial charge >= 0.3 is 0 Å². The number of aromatic nitrogens is 2. The monoisotopic (exact) mass is 402 g/mol. The zero-order valence-electron chi connectivity index (χ0n) is 11.6. The minimum Gasteiger partial charge on any atom is -0.497 e. The molecule has 0 unspecified atom stereocenters. The number of benzene rings is 1. The van der Waals surface area contributed by atoms with Gasteiger partial charge in [-0.2, -0.15) is 5.10 Å². The van der Waals surface area contributed by atoms with Crippen molar-refractivity contribution >= 4 is 31.9 Å². The van der Waals surface area contributed by atoms with E-state index in [1.54, 1.807) is 7.11 Å². The third-order valence-electron chi connectivity index (χ3n) is 3.04. The predicted octanol–water partition coefficient (Wildman–Crippen LogP) is 3.97. The zero-order chi connectivity index (χ0) is 14.7. The number of ether oxygens (including phenoxy) is 2. The number of alkyl halides is 1. The molecule has 0 atom stereocenters. The minimum atomic E-state index is 0.463. The Morgan fingerprint density at radius 3 is 2.65 bits per heavy atom. The normalized spacial score (nSPS) is 10.7. The van der Waals surface area contributed by atoms with Crippen molar-refractivity contribution in [2.45, 2.75) is 18.9 Å². The van der Waals surface area contributed by atoms with Crippen LogP contribution < -0.4 is 9.47 Å². The summed E-state index contributed by atoms with van der Waals surface area (Å²) in [6.07, 6.45) is 0. The van der Waals surface area contributed by atoms with Crippen LogP contribution >= 0.6 is 31.9 Å². The zero-order valence-corrected chi connectivity index (χ0v) is 14.8. The van der Waals surface area contributed by atoms with E-state index in [0.29, 0.717) is 11.9 Å². The Labute approximate surface area is 135 Å². The van der Waals surface area contributed by atoms with Gasteiger partial charge in [0.05, 0.1) is 23.0 Å². The first-order valence-corrected chi connectivity index (χ1v) is 8.02. The molecule has 108 valence electrons. The number of hydrogen-bond donors (Lipinski definition) is 0. The highest BCUT2D eigenvalue weighted by Crippen LogP contribution is 2.28. The highest BCUT2D eigenvalue weighted by molar-refractivity contribution is 9.10. The molecular formula is C14H16Br2N2O2. The van der Waals surface area contributed by atoms with Gasteiger partial charge in [0.2, 0.25) is 0 Å². The van der Waals surface area contributed by atoms with Crippen LogP contribution in [0, 0.1) is 6.92 Å². The van der Waals surface area contributed by atoms with Gasteiger partial charge in [0.1, 0.15) is 18.1 Å². The fraction of sp³-hybridized carbons (Fsp3) is 0.357. The van der Waals surface area contributed by atoms with Crippen molar-refractivity contribution in [3.8, 4) is 11.5 Å². The molecule has 0 radical (unpaired) electrons. The lowest BCUT2D eigenvalue weighted by Gasteiger charge is -2.12. The molecule has 0 bridgehead atoms. The number of halogens is 2. The summed E-state index contributed by atoms with van der Waals surface area (Å²) >= 11 is 7.01. The summed E-state index contributed by atoms with van der Waals surface area (Å²) in [4.78, 5) is 0. The van der Waals surface area contributed by atoms with Crippen molar-refractivity contribution in [3.05, 3.63) is 39.6 Å². The van der Waals surface area contributed by atoms with E-state index in [1.165, 1.54) is 0 Å². The van der Waals surface area contributed by atoms with Gasteiger partial charge in [-0.25, -0.2) is 0 Å². The summed E-state index contributed by atoms with van der Waals surface area (Å²) in [6, 6.07) is 5.78. The van der Waals surface area contributed by atoms with Gasteiger partial charge in [-0.1, -0.05) is 15.9 Å². The average Bonchev–Trinajstić information content (AvgIpc) is 2.70. The lowest BCUT2D eigenvalue weighted by atomic mass is 10.2.